The number of oxazole rings is 1. The number of aliphatic carboxylic acids is 1. The molecule has 1 fully saturated rings. The fraction of sp³-hybridized carbons (Fsp3) is 0.545. The fourth-order valence-electron chi connectivity index (χ4n) is 2.07. The van der Waals surface area contributed by atoms with Crippen molar-refractivity contribution < 1.29 is 19.1 Å². The van der Waals surface area contributed by atoms with E-state index in [1.165, 1.54) is 11.2 Å². The van der Waals surface area contributed by atoms with E-state index in [1.54, 1.807) is 6.92 Å². The normalized spacial score (nSPS) is 19.6. The molecular formula is C11H14N2O4. The van der Waals surface area contributed by atoms with Crippen molar-refractivity contribution in [2.45, 2.75) is 32.2 Å². The Balaban J connectivity index is 2.02. The molecule has 0 unspecified atom stereocenters. The SMILES string of the molecule is Cc1nc(CC(=O)N2CCC[C@H]2C(=O)O)co1. The highest BCUT2D eigenvalue weighted by atomic mass is 16.4. The lowest BCUT2D eigenvalue weighted by molar-refractivity contribution is -0.148. The van der Waals surface area contributed by atoms with E-state index in [-0.39, 0.29) is 12.3 Å². The Labute approximate surface area is 98.2 Å². The minimum absolute atomic E-state index is 0.0983. The second kappa shape index (κ2) is 4.57. The number of aryl methyl sites for hydroxylation is 1. The van der Waals surface area contributed by atoms with Gasteiger partial charge in [-0.3, -0.25) is 4.79 Å². The minimum atomic E-state index is -0.938. The summed E-state index contributed by atoms with van der Waals surface area (Å²) in [6, 6.07) is -0.685. The van der Waals surface area contributed by atoms with E-state index in [1.807, 2.05) is 0 Å². The van der Waals surface area contributed by atoms with Crippen LogP contribution in [0.1, 0.15) is 24.4 Å². The molecule has 1 amide bonds. The third-order valence-corrected chi connectivity index (χ3v) is 2.86. The molecule has 1 aliphatic heterocycles. The maximum absolute atomic E-state index is 11.9. The zero-order chi connectivity index (χ0) is 12.4. The van der Waals surface area contributed by atoms with Crippen molar-refractivity contribution in [1.29, 1.82) is 0 Å². The summed E-state index contributed by atoms with van der Waals surface area (Å²) in [7, 11) is 0. The first kappa shape index (κ1) is 11.6. The zero-order valence-electron chi connectivity index (χ0n) is 9.55. The number of nitrogens with zero attached hydrogens (tertiary/aromatic N) is 2. The molecule has 2 rings (SSSR count). The van der Waals surface area contributed by atoms with Crippen molar-refractivity contribution in [2.24, 2.45) is 0 Å². The lowest BCUT2D eigenvalue weighted by atomic mass is 10.2. The molecule has 2 heterocycles. The number of likely N-dealkylation sites (tertiary alicyclic amines) is 1. The first-order chi connectivity index (χ1) is 8.08. The molecule has 0 aromatic carbocycles. The number of aromatic nitrogens is 1. The summed E-state index contributed by atoms with van der Waals surface area (Å²) in [5, 5.41) is 8.97. The number of carbonyl (C=O) groups is 2. The average Bonchev–Trinajstić information content (AvgIpc) is 2.86. The van der Waals surface area contributed by atoms with Crippen LogP contribution in [-0.2, 0) is 16.0 Å². The molecule has 0 radical (unpaired) electrons. The van der Waals surface area contributed by atoms with Gasteiger partial charge in [-0.15, -0.1) is 0 Å². The summed E-state index contributed by atoms with van der Waals surface area (Å²) in [5.74, 6) is -0.639. The van der Waals surface area contributed by atoms with E-state index in [2.05, 4.69) is 4.98 Å². The average molecular weight is 238 g/mol. The van der Waals surface area contributed by atoms with Crippen LogP contribution < -0.4 is 0 Å². The summed E-state index contributed by atoms with van der Waals surface area (Å²) in [5.41, 5.74) is 0.545. The number of hydrogen-bond donors (Lipinski definition) is 1. The number of carbonyl (C=O) groups excluding carboxylic acids is 1. The molecule has 0 bridgehead atoms. The maximum atomic E-state index is 11.9. The van der Waals surface area contributed by atoms with Crippen molar-refractivity contribution >= 4 is 11.9 Å². The molecule has 1 aromatic rings. The molecule has 1 saturated heterocycles. The molecule has 1 atom stereocenters. The third-order valence-electron chi connectivity index (χ3n) is 2.86. The highest BCUT2D eigenvalue weighted by molar-refractivity contribution is 5.85. The van der Waals surface area contributed by atoms with Crippen LogP contribution in [0.25, 0.3) is 0 Å². The number of hydrogen-bond acceptors (Lipinski definition) is 4. The van der Waals surface area contributed by atoms with Crippen LogP contribution in [0.4, 0.5) is 0 Å². The number of amides is 1. The molecule has 6 nitrogen and oxygen atoms in total. The van der Waals surface area contributed by atoms with E-state index >= 15 is 0 Å². The molecule has 92 valence electrons. The van der Waals surface area contributed by atoms with Gasteiger partial charge in [0.1, 0.15) is 12.3 Å². The summed E-state index contributed by atoms with van der Waals surface area (Å²) >= 11 is 0. The van der Waals surface area contributed by atoms with Gasteiger partial charge >= 0.3 is 5.97 Å². The van der Waals surface area contributed by atoms with Crippen molar-refractivity contribution in [2.75, 3.05) is 6.54 Å². The van der Waals surface area contributed by atoms with Crippen LogP contribution >= 0.6 is 0 Å². The Morgan fingerprint density at radius 3 is 3.00 bits per heavy atom. The van der Waals surface area contributed by atoms with Gasteiger partial charge in [-0.1, -0.05) is 0 Å². The molecule has 0 saturated carbocycles. The van der Waals surface area contributed by atoms with Gasteiger partial charge in [-0.05, 0) is 12.8 Å². The second-order valence-corrected chi connectivity index (χ2v) is 4.12. The predicted molar refractivity (Wildman–Crippen MR) is 57.3 cm³/mol. The van der Waals surface area contributed by atoms with Crippen LogP contribution in [0.3, 0.4) is 0 Å². The molecule has 17 heavy (non-hydrogen) atoms. The van der Waals surface area contributed by atoms with Gasteiger partial charge in [-0.2, -0.15) is 0 Å². The minimum Gasteiger partial charge on any atom is -0.480 e. The lowest BCUT2D eigenvalue weighted by Gasteiger charge is -2.20. The summed E-state index contributed by atoms with van der Waals surface area (Å²) in [6.45, 7) is 2.20. The Morgan fingerprint density at radius 1 is 1.65 bits per heavy atom. The fourth-order valence-corrected chi connectivity index (χ4v) is 2.07. The van der Waals surface area contributed by atoms with Crippen molar-refractivity contribution in [3.8, 4) is 0 Å². The van der Waals surface area contributed by atoms with Gasteiger partial charge in [-0.25, -0.2) is 9.78 Å². The molecule has 1 N–H and O–H groups in total. The standard InChI is InChI=1S/C11H14N2O4/c1-7-12-8(6-17-7)5-10(14)13-4-2-3-9(13)11(15)16/h6,9H,2-5H2,1H3,(H,15,16)/t9-/m0/s1. The topological polar surface area (TPSA) is 83.6 Å². The zero-order valence-corrected chi connectivity index (χ0v) is 9.55. The molecule has 0 aliphatic carbocycles. The molecule has 0 spiro atoms. The van der Waals surface area contributed by atoms with Gasteiger partial charge in [0.05, 0.1) is 12.1 Å². The monoisotopic (exact) mass is 238 g/mol. The van der Waals surface area contributed by atoms with E-state index in [0.29, 0.717) is 24.6 Å². The van der Waals surface area contributed by atoms with E-state index in [4.69, 9.17) is 9.52 Å². The van der Waals surface area contributed by atoms with Crippen molar-refractivity contribution in [1.82, 2.24) is 9.88 Å². The summed E-state index contributed by atoms with van der Waals surface area (Å²) in [4.78, 5) is 28.3. The van der Waals surface area contributed by atoms with Crippen molar-refractivity contribution in [3.05, 3.63) is 17.8 Å². The van der Waals surface area contributed by atoms with Gasteiger partial charge < -0.3 is 14.4 Å². The van der Waals surface area contributed by atoms with Crippen LogP contribution in [-0.4, -0.2) is 39.5 Å². The Kier molecular flexibility index (Phi) is 3.12. The van der Waals surface area contributed by atoms with Crippen LogP contribution in [0, 0.1) is 6.92 Å². The quantitative estimate of drug-likeness (QED) is 0.833. The second-order valence-electron chi connectivity index (χ2n) is 4.12. The Hall–Kier alpha value is -1.85. The van der Waals surface area contributed by atoms with Crippen LogP contribution in [0.5, 0.6) is 0 Å². The highest BCUT2D eigenvalue weighted by Crippen LogP contribution is 2.18. The molecule has 6 heteroatoms. The number of carboxylic acids is 1. The molecule has 1 aliphatic rings. The van der Waals surface area contributed by atoms with E-state index in [0.717, 1.165) is 6.42 Å². The maximum Gasteiger partial charge on any atom is 0.326 e. The number of carboxylic acid groups (broad SMARTS) is 1. The Morgan fingerprint density at radius 2 is 2.41 bits per heavy atom. The van der Waals surface area contributed by atoms with E-state index < -0.39 is 12.0 Å². The van der Waals surface area contributed by atoms with Gasteiger partial charge in [0, 0.05) is 13.5 Å². The highest BCUT2D eigenvalue weighted by Gasteiger charge is 2.33. The predicted octanol–water partition coefficient (Wildman–Crippen LogP) is 0.601. The first-order valence-corrected chi connectivity index (χ1v) is 5.51. The molecule has 1 aromatic heterocycles. The number of rotatable bonds is 3. The smallest absolute Gasteiger partial charge is 0.326 e. The molecular weight excluding hydrogens is 224 g/mol. The van der Waals surface area contributed by atoms with Crippen LogP contribution in [0.2, 0.25) is 0 Å². The van der Waals surface area contributed by atoms with Crippen LogP contribution in [0.15, 0.2) is 10.7 Å². The van der Waals surface area contributed by atoms with Gasteiger partial charge in [0.15, 0.2) is 5.89 Å². The third kappa shape index (κ3) is 2.46. The Bertz CT molecular complexity index is 440. The van der Waals surface area contributed by atoms with Gasteiger partial charge in [0.2, 0.25) is 5.91 Å². The van der Waals surface area contributed by atoms with Crippen molar-refractivity contribution in [3.63, 3.8) is 0 Å². The van der Waals surface area contributed by atoms with E-state index in [9.17, 15) is 9.59 Å². The lowest BCUT2D eigenvalue weighted by Crippen LogP contribution is -2.41. The first-order valence-electron chi connectivity index (χ1n) is 5.51. The largest absolute Gasteiger partial charge is 0.480 e. The summed E-state index contributed by atoms with van der Waals surface area (Å²) in [6.07, 6.45) is 2.79. The van der Waals surface area contributed by atoms with Gasteiger partial charge in [0.25, 0.3) is 0 Å². The summed E-state index contributed by atoms with van der Waals surface area (Å²) < 4.78 is 5.00.